The van der Waals surface area contributed by atoms with Crippen molar-refractivity contribution in [1.29, 1.82) is 0 Å². The molecule has 0 fully saturated rings. The van der Waals surface area contributed by atoms with E-state index in [-0.39, 0.29) is 5.91 Å². The molecule has 0 spiro atoms. The molecule has 0 saturated carbocycles. The summed E-state index contributed by atoms with van der Waals surface area (Å²) in [6.45, 7) is 1.92. The Hall–Kier alpha value is -4.97. The highest BCUT2D eigenvalue weighted by molar-refractivity contribution is 6.04. The summed E-state index contributed by atoms with van der Waals surface area (Å²) in [4.78, 5) is 21.7. The summed E-state index contributed by atoms with van der Waals surface area (Å²) < 4.78 is 0. The number of carbonyl (C=O) groups is 1. The third kappa shape index (κ3) is 5.74. The number of aromatic nitrogens is 2. The summed E-state index contributed by atoms with van der Waals surface area (Å²) in [5.41, 5.74) is 6.11. The van der Waals surface area contributed by atoms with E-state index in [0.29, 0.717) is 23.0 Å². The van der Waals surface area contributed by atoms with Gasteiger partial charge in [0.25, 0.3) is 5.91 Å². The standard InChI is InChI=1S/C30H25N5O/c1-21-20-28(32-25-10-6-3-7-11-25)35-30(31-21)34-27-18-16-26(17-19-27)33-29(36)24-14-12-23(13-15-24)22-8-4-2-5-9-22/h2-20H,1H3,(H,33,36)(H2,31,32,34,35). The highest BCUT2D eigenvalue weighted by Crippen LogP contribution is 2.22. The van der Waals surface area contributed by atoms with Crippen molar-refractivity contribution in [2.75, 3.05) is 16.0 Å². The SMILES string of the molecule is Cc1cc(Nc2ccccc2)nc(Nc2ccc(NC(=O)c3ccc(-c4ccccc4)cc3)cc2)n1. The molecule has 3 N–H and O–H groups in total. The number of anilines is 5. The van der Waals surface area contributed by atoms with E-state index in [0.717, 1.165) is 28.2 Å². The highest BCUT2D eigenvalue weighted by Gasteiger charge is 2.08. The van der Waals surface area contributed by atoms with Crippen LogP contribution < -0.4 is 16.0 Å². The molecule has 0 bridgehead atoms. The number of aryl methyl sites for hydroxylation is 1. The lowest BCUT2D eigenvalue weighted by molar-refractivity contribution is 0.102. The van der Waals surface area contributed by atoms with E-state index in [1.165, 1.54) is 0 Å². The Morgan fingerprint density at radius 2 is 1.19 bits per heavy atom. The van der Waals surface area contributed by atoms with Gasteiger partial charge in [-0.3, -0.25) is 4.79 Å². The van der Waals surface area contributed by atoms with Crippen LogP contribution in [0.15, 0.2) is 115 Å². The average Bonchev–Trinajstić information content (AvgIpc) is 2.91. The molecule has 1 amide bonds. The van der Waals surface area contributed by atoms with Gasteiger partial charge in [0.1, 0.15) is 5.82 Å². The molecule has 1 aromatic heterocycles. The first kappa shape index (κ1) is 22.8. The van der Waals surface area contributed by atoms with Crippen LogP contribution in [-0.4, -0.2) is 15.9 Å². The molecular formula is C30H25N5O. The molecule has 0 aliphatic heterocycles. The van der Waals surface area contributed by atoms with Crippen LogP contribution in [0.1, 0.15) is 16.1 Å². The zero-order valence-corrected chi connectivity index (χ0v) is 19.8. The predicted molar refractivity (Wildman–Crippen MR) is 146 cm³/mol. The van der Waals surface area contributed by atoms with Crippen LogP contribution in [0.4, 0.5) is 28.8 Å². The van der Waals surface area contributed by atoms with E-state index in [4.69, 9.17) is 0 Å². The van der Waals surface area contributed by atoms with Crippen LogP contribution in [0.5, 0.6) is 0 Å². The first-order chi connectivity index (χ1) is 17.6. The Kier molecular flexibility index (Phi) is 6.67. The number of hydrogen-bond acceptors (Lipinski definition) is 5. The van der Waals surface area contributed by atoms with Crippen LogP contribution in [0.3, 0.4) is 0 Å². The van der Waals surface area contributed by atoms with Crippen molar-refractivity contribution in [2.24, 2.45) is 0 Å². The van der Waals surface area contributed by atoms with Gasteiger partial charge in [0.05, 0.1) is 0 Å². The summed E-state index contributed by atoms with van der Waals surface area (Å²) >= 11 is 0. The van der Waals surface area contributed by atoms with Crippen molar-refractivity contribution >= 4 is 34.7 Å². The van der Waals surface area contributed by atoms with E-state index in [2.05, 4.69) is 25.9 Å². The summed E-state index contributed by atoms with van der Waals surface area (Å²) in [7, 11) is 0. The molecule has 0 aliphatic carbocycles. The Balaban J connectivity index is 1.22. The van der Waals surface area contributed by atoms with Gasteiger partial charge in [0.15, 0.2) is 0 Å². The zero-order chi connectivity index (χ0) is 24.7. The Labute approximate surface area is 210 Å². The first-order valence-corrected chi connectivity index (χ1v) is 11.6. The highest BCUT2D eigenvalue weighted by atomic mass is 16.1. The van der Waals surface area contributed by atoms with Gasteiger partial charge in [-0.2, -0.15) is 4.98 Å². The maximum Gasteiger partial charge on any atom is 0.255 e. The molecule has 5 aromatic rings. The Bertz CT molecular complexity index is 1450. The second-order valence-corrected chi connectivity index (χ2v) is 8.31. The second-order valence-electron chi connectivity index (χ2n) is 8.31. The molecule has 176 valence electrons. The second kappa shape index (κ2) is 10.5. The quantitative estimate of drug-likeness (QED) is 0.234. The third-order valence-corrected chi connectivity index (χ3v) is 5.55. The molecule has 5 rings (SSSR count). The van der Waals surface area contributed by atoms with Gasteiger partial charge in [0, 0.05) is 34.4 Å². The van der Waals surface area contributed by atoms with Crippen molar-refractivity contribution in [1.82, 2.24) is 9.97 Å². The fourth-order valence-electron chi connectivity index (χ4n) is 3.77. The van der Waals surface area contributed by atoms with E-state index >= 15 is 0 Å². The van der Waals surface area contributed by atoms with Crippen LogP contribution >= 0.6 is 0 Å². The van der Waals surface area contributed by atoms with E-state index in [9.17, 15) is 4.79 Å². The summed E-state index contributed by atoms with van der Waals surface area (Å²) in [6, 6.07) is 36.9. The van der Waals surface area contributed by atoms with Gasteiger partial charge in [-0.15, -0.1) is 0 Å². The number of nitrogens with zero attached hydrogens (tertiary/aromatic N) is 2. The summed E-state index contributed by atoms with van der Waals surface area (Å²) in [6.07, 6.45) is 0. The van der Waals surface area contributed by atoms with Crippen molar-refractivity contribution in [3.8, 4) is 11.1 Å². The summed E-state index contributed by atoms with van der Waals surface area (Å²) in [5, 5.41) is 9.47. The molecule has 0 atom stereocenters. The maximum atomic E-state index is 12.7. The number of rotatable bonds is 7. The normalized spacial score (nSPS) is 10.5. The van der Waals surface area contributed by atoms with Gasteiger partial charge >= 0.3 is 0 Å². The molecule has 6 nitrogen and oxygen atoms in total. The minimum Gasteiger partial charge on any atom is -0.340 e. The number of hydrogen-bond donors (Lipinski definition) is 3. The van der Waals surface area contributed by atoms with Gasteiger partial charge in [-0.25, -0.2) is 4.98 Å². The smallest absolute Gasteiger partial charge is 0.255 e. The average molecular weight is 472 g/mol. The van der Waals surface area contributed by atoms with E-state index < -0.39 is 0 Å². The number of para-hydroxylation sites is 1. The molecule has 0 radical (unpaired) electrons. The largest absolute Gasteiger partial charge is 0.340 e. The lowest BCUT2D eigenvalue weighted by Gasteiger charge is -2.11. The van der Waals surface area contributed by atoms with Crippen LogP contribution in [-0.2, 0) is 0 Å². The zero-order valence-electron chi connectivity index (χ0n) is 19.8. The monoisotopic (exact) mass is 471 g/mol. The van der Waals surface area contributed by atoms with Crippen LogP contribution in [0.25, 0.3) is 11.1 Å². The molecule has 4 aromatic carbocycles. The third-order valence-electron chi connectivity index (χ3n) is 5.55. The van der Waals surface area contributed by atoms with E-state index in [1.807, 2.05) is 122 Å². The summed E-state index contributed by atoms with van der Waals surface area (Å²) in [5.74, 6) is 1.04. The maximum absolute atomic E-state index is 12.7. The van der Waals surface area contributed by atoms with Gasteiger partial charge in [0.2, 0.25) is 5.95 Å². The van der Waals surface area contributed by atoms with Gasteiger partial charge < -0.3 is 16.0 Å². The van der Waals surface area contributed by atoms with Crippen LogP contribution in [0, 0.1) is 6.92 Å². The number of amides is 1. The van der Waals surface area contributed by atoms with Crippen molar-refractivity contribution < 1.29 is 4.79 Å². The lowest BCUT2D eigenvalue weighted by Crippen LogP contribution is -2.11. The Morgan fingerprint density at radius 1 is 0.611 bits per heavy atom. The molecule has 0 unspecified atom stereocenters. The molecule has 0 aliphatic rings. The molecular weight excluding hydrogens is 446 g/mol. The molecule has 1 heterocycles. The predicted octanol–water partition coefficient (Wildman–Crippen LogP) is 7.19. The fourth-order valence-corrected chi connectivity index (χ4v) is 3.77. The minimum atomic E-state index is -0.158. The topological polar surface area (TPSA) is 78.9 Å². The molecule has 6 heteroatoms. The first-order valence-electron chi connectivity index (χ1n) is 11.6. The van der Waals surface area contributed by atoms with Crippen LogP contribution in [0.2, 0.25) is 0 Å². The Morgan fingerprint density at radius 3 is 1.89 bits per heavy atom. The molecule has 0 saturated heterocycles. The number of benzene rings is 4. The fraction of sp³-hybridized carbons (Fsp3) is 0.0333. The number of nitrogens with one attached hydrogen (secondary N) is 3. The lowest BCUT2D eigenvalue weighted by atomic mass is 10.0. The van der Waals surface area contributed by atoms with Crippen molar-refractivity contribution in [3.05, 3.63) is 127 Å². The number of carbonyl (C=O) groups excluding carboxylic acids is 1. The minimum absolute atomic E-state index is 0.158. The van der Waals surface area contributed by atoms with E-state index in [1.54, 1.807) is 0 Å². The van der Waals surface area contributed by atoms with Crippen molar-refractivity contribution in [3.63, 3.8) is 0 Å². The van der Waals surface area contributed by atoms with Crippen molar-refractivity contribution in [2.45, 2.75) is 6.92 Å². The van der Waals surface area contributed by atoms with Gasteiger partial charge in [-0.1, -0.05) is 60.7 Å². The van der Waals surface area contributed by atoms with Gasteiger partial charge in [-0.05, 0) is 66.6 Å². The molecule has 36 heavy (non-hydrogen) atoms.